The number of amidine groups is 1. The van der Waals surface area contributed by atoms with Crippen molar-refractivity contribution in [2.45, 2.75) is 38.5 Å². The molecule has 4 aliphatic carbocycles. The van der Waals surface area contributed by atoms with Gasteiger partial charge in [0.2, 0.25) is 0 Å². The van der Waals surface area contributed by atoms with Crippen LogP contribution in [0.1, 0.15) is 44.1 Å². The highest BCUT2D eigenvalue weighted by Crippen LogP contribution is 2.60. The number of nitrogens with two attached hydrogens (primary N) is 1. The molecule has 0 aromatic heterocycles. The van der Waals surface area contributed by atoms with Crippen LogP contribution in [0.2, 0.25) is 0 Å². The topological polar surface area (TPSA) is 108 Å². The number of carbonyl (C=O) groups excluding carboxylic acids is 1. The highest BCUT2D eigenvalue weighted by molar-refractivity contribution is 5.97. The Morgan fingerprint density at radius 2 is 1.64 bits per heavy atom. The molecule has 0 amide bonds. The van der Waals surface area contributed by atoms with Gasteiger partial charge in [-0.15, -0.1) is 0 Å². The molecule has 4 aliphatic rings. The minimum absolute atomic E-state index is 0.0258. The van der Waals surface area contributed by atoms with E-state index in [1.165, 1.54) is 43.5 Å². The fourth-order valence-electron chi connectivity index (χ4n) is 5.35. The van der Waals surface area contributed by atoms with Crippen LogP contribution in [-0.2, 0) is 9.63 Å². The number of non-ortho nitro benzene ring substituents is 1. The number of hydrogen-bond donors (Lipinski definition) is 1. The van der Waals surface area contributed by atoms with Gasteiger partial charge >= 0.3 is 5.97 Å². The second kappa shape index (κ2) is 5.82. The van der Waals surface area contributed by atoms with Crippen LogP contribution in [-0.4, -0.2) is 16.7 Å². The monoisotopic (exact) mass is 343 g/mol. The SMILES string of the molecule is NC(=NOC(=O)C12CC3CC(CC(C3)C1)C2)c1ccc([N+](=O)[O-])cc1. The minimum Gasteiger partial charge on any atom is -0.380 e. The first-order valence-electron chi connectivity index (χ1n) is 8.75. The van der Waals surface area contributed by atoms with Crippen molar-refractivity contribution in [3.63, 3.8) is 0 Å². The van der Waals surface area contributed by atoms with E-state index >= 15 is 0 Å². The van der Waals surface area contributed by atoms with E-state index in [2.05, 4.69) is 5.16 Å². The Labute approximate surface area is 145 Å². The minimum atomic E-state index is -0.482. The molecule has 0 spiro atoms. The summed E-state index contributed by atoms with van der Waals surface area (Å²) >= 11 is 0. The molecule has 1 aromatic rings. The highest BCUT2D eigenvalue weighted by Gasteiger charge is 2.55. The van der Waals surface area contributed by atoms with Crippen molar-refractivity contribution in [2.75, 3.05) is 0 Å². The van der Waals surface area contributed by atoms with Crippen molar-refractivity contribution in [1.29, 1.82) is 0 Å². The first kappa shape index (κ1) is 16.1. The van der Waals surface area contributed by atoms with Gasteiger partial charge < -0.3 is 10.6 Å². The molecular weight excluding hydrogens is 322 g/mol. The van der Waals surface area contributed by atoms with Crippen LogP contribution in [0.15, 0.2) is 29.4 Å². The van der Waals surface area contributed by atoms with E-state index in [1.807, 2.05) is 0 Å². The Balaban J connectivity index is 1.46. The van der Waals surface area contributed by atoms with Crippen LogP contribution in [0.3, 0.4) is 0 Å². The first-order chi connectivity index (χ1) is 11.9. The van der Waals surface area contributed by atoms with Gasteiger partial charge in [0.1, 0.15) is 0 Å². The van der Waals surface area contributed by atoms with Gasteiger partial charge in [0.05, 0.1) is 10.3 Å². The highest BCUT2D eigenvalue weighted by atomic mass is 16.7. The Hall–Kier alpha value is -2.44. The van der Waals surface area contributed by atoms with E-state index in [0.717, 1.165) is 19.3 Å². The van der Waals surface area contributed by atoms with Gasteiger partial charge in [-0.2, -0.15) is 0 Å². The number of nitrogens with zero attached hydrogens (tertiary/aromatic N) is 2. The maximum Gasteiger partial charge on any atom is 0.341 e. The maximum atomic E-state index is 12.7. The van der Waals surface area contributed by atoms with Crippen LogP contribution in [0.5, 0.6) is 0 Å². The molecule has 0 unspecified atom stereocenters. The third-order valence-electron chi connectivity index (χ3n) is 6.07. The van der Waals surface area contributed by atoms with E-state index in [-0.39, 0.29) is 22.9 Å². The lowest BCUT2D eigenvalue weighted by molar-refractivity contribution is -0.384. The van der Waals surface area contributed by atoms with Crippen molar-refractivity contribution < 1.29 is 14.6 Å². The zero-order chi connectivity index (χ0) is 17.6. The molecule has 7 nitrogen and oxygen atoms in total. The summed E-state index contributed by atoms with van der Waals surface area (Å²) in [4.78, 5) is 28.1. The number of carbonyl (C=O) groups is 1. The average molecular weight is 343 g/mol. The Morgan fingerprint density at radius 1 is 1.12 bits per heavy atom. The fraction of sp³-hybridized carbons (Fsp3) is 0.556. The van der Waals surface area contributed by atoms with Crippen LogP contribution >= 0.6 is 0 Å². The molecule has 4 saturated carbocycles. The summed E-state index contributed by atoms with van der Waals surface area (Å²) in [6.07, 6.45) is 6.47. The standard InChI is InChI=1S/C18H21N3O4/c19-16(14-1-3-15(4-2-14)21(23)24)20-25-17(22)18-8-11-5-12(9-18)7-13(6-11)10-18/h1-4,11-13H,5-10H2,(H2,19,20). The molecule has 7 heteroatoms. The number of oxime groups is 1. The van der Waals surface area contributed by atoms with Crippen molar-refractivity contribution in [1.82, 2.24) is 0 Å². The molecule has 2 N–H and O–H groups in total. The largest absolute Gasteiger partial charge is 0.380 e. The first-order valence-corrected chi connectivity index (χ1v) is 8.75. The van der Waals surface area contributed by atoms with E-state index in [4.69, 9.17) is 10.6 Å². The van der Waals surface area contributed by atoms with Gasteiger partial charge in [0.15, 0.2) is 5.84 Å². The van der Waals surface area contributed by atoms with Gasteiger partial charge in [-0.1, -0.05) is 5.16 Å². The average Bonchev–Trinajstić information content (AvgIpc) is 2.58. The summed E-state index contributed by atoms with van der Waals surface area (Å²) in [5.74, 6) is 1.73. The lowest BCUT2D eigenvalue weighted by Gasteiger charge is -2.54. The molecule has 4 bridgehead atoms. The Kier molecular flexibility index (Phi) is 3.74. The Bertz CT molecular complexity index is 706. The summed E-state index contributed by atoms with van der Waals surface area (Å²) in [5, 5.41) is 14.5. The molecular formula is C18H21N3O4. The third-order valence-corrected chi connectivity index (χ3v) is 6.07. The summed E-state index contributed by atoms with van der Waals surface area (Å²) in [6.45, 7) is 0. The Morgan fingerprint density at radius 3 is 2.12 bits per heavy atom. The van der Waals surface area contributed by atoms with Crippen LogP contribution in [0.4, 0.5) is 5.69 Å². The van der Waals surface area contributed by atoms with Gasteiger partial charge in [-0.3, -0.25) is 10.1 Å². The number of nitro groups is 1. The predicted octanol–water partition coefficient (Wildman–Crippen LogP) is 2.97. The quantitative estimate of drug-likeness (QED) is 0.297. The molecule has 25 heavy (non-hydrogen) atoms. The van der Waals surface area contributed by atoms with Crippen molar-refractivity contribution in [3.8, 4) is 0 Å². The number of rotatable bonds is 4. The second-order valence-corrected chi connectivity index (χ2v) is 7.86. The summed E-state index contributed by atoms with van der Waals surface area (Å²) < 4.78 is 0. The van der Waals surface area contributed by atoms with Crippen molar-refractivity contribution >= 4 is 17.5 Å². The fourth-order valence-corrected chi connectivity index (χ4v) is 5.35. The second-order valence-electron chi connectivity index (χ2n) is 7.86. The van der Waals surface area contributed by atoms with Gasteiger partial charge in [-0.25, -0.2) is 4.79 Å². The molecule has 0 radical (unpaired) electrons. The molecule has 0 saturated heterocycles. The molecule has 1 aromatic carbocycles. The smallest absolute Gasteiger partial charge is 0.341 e. The van der Waals surface area contributed by atoms with E-state index in [9.17, 15) is 14.9 Å². The zero-order valence-electron chi connectivity index (χ0n) is 13.9. The molecule has 4 fully saturated rings. The molecule has 0 heterocycles. The van der Waals surface area contributed by atoms with Gasteiger partial charge in [0, 0.05) is 17.7 Å². The number of nitro benzene ring substituents is 1. The predicted molar refractivity (Wildman–Crippen MR) is 90.5 cm³/mol. The zero-order valence-corrected chi connectivity index (χ0v) is 13.9. The normalized spacial score (nSPS) is 33.3. The van der Waals surface area contributed by atoms with Gasteiger partial charge in [0.25, 0.3) is 5.69 Å². The van der Waals surface area contributed by atoms with E-state index < -0.39 is 4.92 Å². The molecule has 0 aliphatic heterocycles. The van der Waals surface area contributed by atoms with E-state index in [0.29, 0.717) is 23.3 Å². The van der Waals surface area contributed by atoms with Crippen molar-refractivity contribution in [3.05, 3.63) is 39.9 Å². The maximum absolute atomic E-state index is 12.7. The lowest BCUT2D eigenvalue weighted by Crippen LogP contribution is -2.50. The van der Waals surface area contributed by atoms with Crippen LogP contribution in [0.25, 0.3) is 0 Å². The molecule has 5 rings (SSSR count). The van der Waals surface area contributed by atoms with E-state index in [1.54, 1.807) is 0 Å². The summed E-state index contributed by atoms with van der Waals surface area (Å²) in [5.41, 5.74) is 5.95. The van der Waals surface area contributed by atoms with Gasteiger partial charge in [-0.05, 0) is 68.4 Å². The van der Waals surface area contributed by atoms with Crippen LogP contribution < -0.4 is 5.73 Å². The summed E-state index contributed by atoms with van der Waals surface area (Å²) in [6, 6.07) is 5.68. The molecule has 132 valence electrons. The third kappa shape index (κ3) is 2.88. The van der Waals surface area contributed by atoms with Crippen molar-refractivity contribution in [2.24, 2.45) is 34.1 Å². The number of hydrogen-bond acceptors (Lipinski definition) is 5. The van der Waals surface area contributed by atoms with Crippen LogP contribution in [0, 0.1) is 33.3 Å². The number of benzene rings is 1. The lowest BCUT2D eigenvalue weighted by atomic mass is 9.49. The molecule has 0 atom stereocenters. The summed E-state index contributed by atoms with van der Waals surface area (Å²) in [7, 11) is 0.